The number of rotatable bonds is 4. The summed E-state index contributed by atoms with van der Waals surface area (Å²) >= 11 is 3.18. The molecule has 0 aliphatic heterocycles. The van der Waals surface area contributed by atoms with Gasteiger partial charge in [0.15, 0.2) is 0 Å². The van der Waals surface area contributed by atoms with E-state index >= 15 is 0 Å². The van der Waals surface area contributed by atoms with Crippen molar-refractivity contribution in [1.82, 2.24) is 9.88 Å². The second-order valence-electron chi connectivity index (χ2n) is 4.95. The van der Waals surface area contributed by atoms with Crippen molar-refractivity contribution in [2.24, 2.45) is 0 Å². The molecule has 1 aromatic carbocycles. The fourth-order valence-corrected chi connectivity index (χ4v) is 2.49. The number of aliphatic carboxylic acids is 1. The fraction of sp³-hybridized carbons (Fsp3) is 0.286. The molecule has 1 aromatic heterocycles. The van der Waals surface area contributed by atoms with E-state index in [9.17, 15) is 14.0 Å². The van der Waals surface area contributed by atoms with Crippen LogP contribution >= 0.6 is 15.9 Å². The van der Waals surface area contributed by atoms with E-state index in [-0.39, 0.29) is 11.7 Å². The first-order chi connectivity index (χ1) is 9.79. The highest BCUT2D eigenvalue weighted by atomic mass is 79.9. The number of hydrogen-bond acceptors (Lipinski definition) is 2. The van der Waals surface area contributed by atoms with Gasteiger partial charge < -0.3 is 15.0 Å². The minimum Gasteiger partial charge on any atom is -0.480 e. The number of aromatic nitrogens is 1. The number of H-pyrrole nitrogens is 1. The van der Waals surface area contributed by atoms with Crippen LogP contribution in [0.25, 0.3) is 10.9 Å². The molecule has 1 amide bonds. The lowest BCUT2D eigenvalue weighted by Crippen LogP contribution is -2.40. The molecule has 2 rings (SSSR count). The van der Waals surface area contributed by atoms with Crippen LogP contribution in [0.1, 0.15) is 24.3 Å². The zero-order valence-electron chi connectivity index (χ0n) is 11.5. The van der Waals surface area contributed by atoms with Gasteiger partial charge >= 0.3 is 5.97 Å². The van der Waals surface area contributed by atoms with Crippen molar-refractivity contribution in [2.45, 2.75) is 19.9 Å². The van der Waals surface area contributed by atoms with Crippen LogP contribution in [0, 0.1) is 5.82 Å². The van der Waals surface area contributed by atoms with E-state index in [4.69, 9.17) is 5.11 Å². The Morgan fingerprint density at radius 2 is 2.05 bits per heavy atom. The van der Waals surface area contributed by atoms with Gasteiger partial charge in [-0.1, -0.05) is 15.9 Å². The van der Waals surface area contributed by atoms with Gasteiger partial charge in [-0.3, -0.25) is 9.59 Å². The Labute approximate surface area is 128 Å². The smallest absolute Gasteiger partial charge is 0.323 e. The average Bonchev–Trinajstić information content (AvgIpc) is 2.78. The lowest BCUT2D eigenvalue weighted by Gasteiger charge is -2.24. The van der Waals surface area contributed by atoms with E-state index in [1.807, 2.05) is 0 Å². The zero-order valence-corrected chi connectivity index (χ0v) is 13.1. The predicted molar refractivity (Wildman–Crippen MR) is 79.8 cm³/mol. The molecule has 112 valence electrons. The number of carbonyl (C=O) groups excluding carboxylic acids is 1. The van der Waals surface area contributed by atoms with Gasteiger partial charge in [-0.15, -0.1) is 0 Å². The normalized spacial score (nSPS) is 11.1. The summed E-state index contributed by atoms with van der Waals surface area (Å²) in [6, 6.07) is 4.08. The largest absolute Gasteiger partial charge is 0.480 e. The van der Waals surface area contributed by atoms with E-state index in [0.29, 0.717) is 15.4 Å². The van der Waals surface area contributed by atoms with Crippen molar-refractivity contribution in [3.63, 3.8) is 0 Å². The molecule has 0 bridgehead atoms. The summed E-state index contributed by atoms with van der Waals surface area (Å²) in [4.78, 5) is 27.3. The highest BCUT2D eigenvalue weighted by molar-refractivity contribution is 9.10. The molecule has 0 radical (unpaired) electrons. The molecule has 7 heteroatoms. The molecule has 2 N–H and O–H groups in total. The molecule has 1 heterocycles. The Hall–Kier alpha value is -1.89. The van der Waals surface area contributed by atoms with Crippen molar-refractivity contribution in [2.75, 3.05) is 6.54 Å². The molecule has 0 saturated heterocycles. The third-order valence-electron chi connectivity index (χ3n) is 3.07. The monoisotopic (exact) mass is 356 g/mol. The summed E-state index contributed by atoms with van der Waals surface area (Å²) in [6.45, 7) is 3.04. The predicted octanol–water partition coefficient (Wildman–Crippen LogP) is 3.00. The topological polar surface area (TPSA) is 73.4 Å². The standard InChI is InChI=1S/C14H14BrFN2O3/c1-7(2)18(6-13(19)20)14(21)12-5-9-10(16)3-8(15)4-11(9)17-12/h3-5,7,17H,6H2,1-2H3,(H,19,20). The minimum absolute atomic E-state index is 0.164. The van der Waals surface area contributed by atoms with Gasteiger partial charge in [0, 0.05) is 15.9 Å². The van der Waals surface area contributed by atoms with Crippen LogP contribution in [0.5, 0.6) is 0 Å². The van der Waals surface area contributed by atoms with Crippen LogP contribution in [0.3, 0.4) is 0 Å². The summed E-state index contributed by atoms with van der Waals surface area (Å²) in [5, 5.41) is 9.17. The van der Waals surface area contributed by atoms with E-state index < -0.39 is 24.2 Å². The van der Waals surface area contributed by atoms with Crippen molar-refractivity contribution in [3.05, 3.63) is 34.2 Å². The maximum absolute atomic E-state index is 13.8. The maximum Gasteiger partial charge on any atom is 0.323 e. The SMILES string of the molecule is CC(C)N(CC(=O)O)C(=O)c1cc2c(F)cc(Br)cc2[nH]1. The molecule has 5 nitrogen and oxygen atoms in total. The number of hydrogen-bond donors (Lipinski definition) is 2. The number of carbonyl (C=O) groups is 2. The number of fused-ring (bicyclic) bond motifs is 1. The summed E-state index contributed by atoms with van der Waals surface area (Å²) in [6.07, 6.45) is 0. The van der Waals surface area contributed by atoms with Gasteiger partial charge in [-0.2, -0.15) is 0 Å². The number of benzene rings is 1. The van der Waals surface area contributed by atoms with E-state index in [0.717, 1.165) is 0 Å². The molecule has 0 fully saturated rings. The molecule has 2 aromatic rings. The van der Waals surface area contributed by atoms with Gasteiger partial charge in [0.2, 0.25) is 0 Å². The second kappa shape index (κ2) is 5.85. The van der Waals surface area contributed by atoms with E-state index in [1.165, 1.54) is 17.0 Å². The Balaban J connectivity index is 2.42. The quantitative estimate of drug-likeness (QED) is 0.884. The molecule has 0 saturated carbocycles. The van der Waals surface area contributed by atoms with E-state index in [1.54, 1.807) is 19.9 Å². The van der Waals surface area contributed by atoms with Crippen LogP contribution in [0.15, 0.2) is 22.7 Å². The molecular weight excluding hydrogens is 343 g/mol. The highest BCUT2D eigenvalue weighted by Crippen LogP contribution is 2.24. The number of amides is 1. The second-order valence-corrected chi connectivity index (χ2v) is 5.87. The highest BCUT2D eigenvalue weighted by Gasteiger charge is 2.23. The average molecular weight is 357 g/mol. The van der Waals surface area contributed by atoms with Crippen LogP contribution < -0.4 is 0 Å². The number of carboxylic acids is 1. The first-order valence-electron chi connectivity index (χ1n) is 6.30. The summed E-state index contributed by atoms with van der Waals surface area (Å²) in [5.74, 6) is -2.02. The fourth-order valence-electron chi connectivity index (χ4n) is 2.06. The van der Waals surface area contributed by atoms with E-state index in [2.05, 4.69) is 20.9 Å². The van der Waals surface area contributed by atoms with Crippen molar-refractivity contribution < 1.29 is 19.1 Å². The molecule has 0 spiro atoms. The zero-order chi connectivity index (χ0) is 15.7. The molecule has 0 atom stereocenters. The Morgan fingerprint density at radius 1 is 1.38 bits per heavy atom. The van der Waals surface area contributed by atoms with Crippen molar-refractivity contribution >= 4 is 38.7 Å². The first-order valence-corrected chi connectivity index (χ1v) is 7.09. The third-order valence-corrected chi connectivity index (χ3v) is 3.53. The van der Waals surface area contributed by atoms with Gasteiger partial charge in [-0.05, 0) is 32.0 Å². The molecule has 21 heavy (non-hydrogen) atoms. The van der Waals surface area contributed by atoms with Gasteiger partial charge in [0.1, 0.15) is 18.1 Å². The van der Waals surface area contributed by atoms with Crippen molar-refractivity contribution in [1.29, 1.82) is 0 Å². The lowest BCUT2D eigenvalue weighted by molar-refractivity contribution is -0.138. The van der Waals surface area contributed by atoms with Crippen LogP contribution in [0.4, 0.5) is 4.39 Å². The Morgan fingerprint density at radius 3 is 2.62 bits per heavy atom. The molecule has 0 unspecified atom stereocenters. The van der Waals surface area contributed by atoms with Crippen molar-refractivity contribution in [3.8, 4) is 0 Å². The number of aromatic amines is 1. The van der Waals surface area contributed by atoms with Gasteiger partial charge in [-0.25, -0.2) is 4.39 Å². The lowest BCUT2D eigenvalue weighted by atomic mass is 10.2. The van der Waals surface area contributed by atoms with Crippen LogP contribution in [-0.2, 0) is 4.79 Å². The summed E-state index contributed by atoms with van der Waals surface area (Å²) in [7, 11) is 0. The molecular formula is C14H14BrFN2O3. The first kappa shape index (κ1) is 15.5. The number of halogens is 2. The number of carboxylic acid groups (broad SMARTS) is 1. The van der Waals surface area contributed by atoms with Crippen LogP contribution in [-0.4, -0.2) is 39.5 Å². The minimum atomic E-state index is -1.10. The van der Waals surface area contributed by atoms with Crippen LogP contribution in [0.2, 0.25) is 0 Å². The maximum atomic E-state index is 13.8. The molecule has 0 aliphatic rings. The number of nitrogens with zero attached hydrogens (tertiary/aromatic N) is 1. The number of nitrogens with one attached hydrogen (secondary N) is 1. The molecule has 0 aliphatic carbocycles. The summed E-state index contributed by atoms with van der Waals surface area (Å²) < 4.78 is 14.4. The third kappa shape index (κ3) is 3.24. The summed E-state index contributed by atoms with van der Waals surface area (Å²) in [5.41, 5.74) is 0.640. The Kier molecular flexibility index (Phi) is 4.32. The Bertz CT molecular complexity index is 712. The van der Waals surface area contributed by atoms with Gasteiger partial charge in [0.25, 0.3) is 5.91 Å². The van der Waals surface area contributed by atoms with Gasteiger partial charge in [0.05, 0.1) is 5.52 Å².